The van der Waals surface area contributed by atoms with E-state index >= 15 is 0 Å². The number of carbonyl (C=O) groups excluding carboxylic acids is 2. The second-order valence-electron chi connectivity index (χ2n) is 7.65. The maximum Gasteiger partial charge on any atom is 0.254 e. The van der Waals surface area contributed by atoms with Gasteiger partial charge in [0.2, 0.25) is 12.7 Å². The minimum atomic E-state index is -0.119. The van der Waals surface area contributed by atoms with Crippen molar-refractivity contribution < 1.29 is 19.1 Å². The van der Waals surface area contributed by atoms with Crippen LogP contribution in [0.1, 0.15) is 23.2 Å². The molecular weight excluding hydrogens is 380 g/mol. The molecule has 2 aliphatic heterocycles. The highest BCUT2D eigenvalue weighted by molar-refractivity contribution is 6.07. The third-order valence-electron chi connectivity index (χ3n) is 5.81. The number of hydrogen-bond acceptors (Lipinski definition) is 4. The summed E-state index contributed by atoms with van der Waals surface area (Å²) < 4.78 is 10.7. The Bertz CT molecular complexity index is 1110. The van der Waals surface area contributed by atoms with Gasteiger partial charge in [-0.25, -0.2) is 0 Å². The lowest BCUT2D eigenvalue weighted by molar-refractivity contribution is -0.121. The number of fused-ring (bicyclic) bond motifs is 2. The molecule has 0 saturated carbocycles. The monoisotopic (exact) mass is 402 g/mol. The van der Waals surface area contributed by atoms with Crippen LogP contribution in [0.25, 0.3) is 10.8 Å². The van der Waals surface area contributed by atoms with E-state index in [2.05, 4.69) is 5.32 Å². The largest absolute Gasteiger partial charge is 0.454 e. The lowest BCUT2D eigenvalue weighted by atomic mass is 9.94. The van der Waals surface area contributed by atoms with Gasteiger partial charge in [-0.3, -0.25) is 9.59 Å². The molecule has 5 rings (SSSR count). The van der Waals surface area contributed by atoms with Gasteiger partial charge in [-0.15, -0.1) is 0 Å². The van der Waals surface area contributed by atoms with Gasteiger partial charge in [0.15, 0.2) is 11.5 Å². The van der Waals surface area contributed by atoms with Gasteiger partial charge in [-0.2, -0.15) is 0 Å². The van der Waals surface area contributed by atoms with E-state index in [4.69, 9.17) is 9.47 Å². The smallest absolute Gasteiger partial charge is 0.254 e. The second-order valence-corrected chi connectivity index (χ2v) is 7.65. The van der Waals surface area contributed by atoms with E-state index in [0.717, 1.165) is 16.3 Å². The van der Waals surface area contributed by atoms with Gasteiger partial charge < -0.3 is 19.7 Å². The number of amides is 2. The Kier molecular flexibility index (Phi) is 4.75. The molecular formula is C24H22N2O4. The summed E-state index contributed by atoms with van der Waals surface area (Å²) in [5, 5.41) is 4.99. The van der Waals surface area contributed by atoms with Crippen molar-refractivity contribution in [3.8, 4) is 11.5 Å². The molecule has 152 valence electrons. The Labute approximate surface area is 174 Å². The highest BCUT2D eigenvalue weighted by atomic mass is 16.7. The molecule has 30 heavy (non-hydrogen) atoms. The zero-order chi connectivity index (χ0) is 20.5. The fourth-order valence-electron chi connectivity index (χ4n) is 4.15. The molecule has 2 amide bonds. The van der Waals surface area contributed by atoms with Gasteiger partial charge in [-0.1, -0.05) is 36.4 Å². The summed E-state index contributed by atoms with van der Waals surface area (Å²) in [4.78, 5) is 27.6. The lowest BCUT2D eigenvalue weighted by Gasteiger charge is -2.31. The normalized spacial score (nSPS) is 15.9. The van der Waals surface area contributed by atoms with Crippen LogP contribution in [0.2, 0.25) is 0 Å². The zero-order valence-electron chi connectivity index (χ0n) is 16.5. The van der Waals surface area contributed by atoms with Crippen LogP contribution >= 0.6 is 0 Å². The van der Waals surface area contributed by atoms with Gasteiger partial charge in [0.05, 0.1) is 0 Å². The number of likely N-dealkylation sites (tertiary alicyclic amines) is 1. The fraction of sp³-hybridized carbons (Fsp3) is 0.250. The maximum atomic E-state index is 13.1. The maximum absolute atomic E-state index is 13.1. The zero-order valence-corrected chi connectivity index (χ0v) is 16.5. The van der Waals surface area contributed by atoms with Crippen molar-refractivity contribution in [3.63, 3.8) is 0 Å². The topological polar surface area (TPSA) is 67.9 Å². The third kappa shape index (κ3) is 3.45. The van der Waals surface area contributed by atoms with Crippen molar-refractivity contribution in [2.24, 2.45) is 5.92 Å². The van der Waals surface area contributed by atoms with Crippen LogP contribution in [0.5, 0.6) is 11.5 Å². The van der Waals surface area contributed by atoms with E-state index in [1.165, 1.54) is 0 Å². The van der Waals surface area contributed by atoms with Gasteiger partial charge in [0.25, 0.3) is 5.91 Å². The number of hydrogen-bond donors (Lipinski definition) is 1. The Morgan fingerprint density at radius 1 is 0.900 bits per heavy atom. The molecule has 6 nitrogen and oxygen atoms in total. The second kappa shape index (κ2) is 7.71. The van der Waals surface area contributed by atoms with Gasteiger partial charge in [0, 0.05) is 36.3 Å². The summed E-state index contributed by atoms with van der Waals surface area (Å²) in [5.74, 6) is 1.22. The molecule has 2 heterocycles. The number of rotatable bonds is 3. The fourth-order valence-corrected chi connectivity index (χ4v) is 4.15. The molecule has 0 bridgehead atoms. The molecule has 0 aromatic heterocycles. The van der Waals surface area contributed by atoms with Crippen LogP contribution in [0.3, 0.4) is 0 Å². The van der Waals surface area contributed by atoms with Gasteiger partial charge in [-0.05, 0) is 41.8 Å². The highest BCUT2D eigenvalue weighted by Crippen LogP contribution is 2.34. The van der Waals surface area contributed by atoms with Crippen molar-refractivity contribution in [2.75, 3.05) is 25.2 Å². The van der Waals surface area contributed by atoms with E-state index in [1.54, 1.807) is 12.1 Å². The van der Waals surface area contributed by atoms with E-state index in [0.29, 0.717) is 43.1 Å². The molecule has 3 aromatic carbocycles. The number of piperidine rings is 1. The quantitative estimate of drug-likeness (QED) is 0.717. The van der Waals surface area contributed by atoms with Crippen LogP contribution < -0.4 is 14.8 Å². The van der Waals surface area contributed by atoms with E-state index in [-0.39, 0.29) is 24.5 Å². The minimum Gasteiger partial charge on any atom is -0.454 e. The summed E-state index contributed by atoms with van der Waals surface area (Å²) in [7, 11) is 0. The molecule has 1 N–H and O–H groups in total. The summed E-state index contributed by atoms with van der Waals surface area (Å²) in [6.45, 7) is 1.35. The number of carbonyl (C=O) groups is 2. The predicted molar refractivity (Wildman–Crippen MR) is 114 cm³/mol. The summed E-state index contributed by atoms with van der Waals surface area (Å²) in [5.41, 5.74) is 1.41. The van der Waals surface area contributed by atoms with Crippen molar-refractivity contribution in [1.82, 2.24) is 4.90 Å². The first-order valence-electron chi connectivity index (χ1n) is 10.2. The Balaban J connectivity index is 1.22. The summed E-state index contributed by atoms with van der Waals surface area (Å²) in [6.07, 6.45) is 1.29. The minimum absolute atomic E-state index is 0.0221. The molecule has 3 aromatic rings. The molecule has 0 aliphatic carbocycles. The van der Waals surface area contributed by atoms with Crippen LogP contribution in [0.4, 0.5) is 5.69 Å². The van der Waals surface area contributed by atoms with Crippen LogP contribution in [-0.2, 0) is 4.79 Å². The first kappa shape index (κ1) is 18.5. The van der Waals surface area contributed by atoms with Crippen molar-refractivity contribution in [2.45, 2.75) is 12.8 Å². The van der Waals surface area contributed by atoms with Crippen molar-refractivity contribution in [1.29, 1.82) is 0 Å². The Morgan fingerprint density at radius 2 is 1.67 bits per heavy atom. The predicted octanol–water partition coefficient (Wildman–Crippen LogP) is 4.06. The molecule has 1 saturated heterocycles. The van der Waals surface area contributed by atoms with Crippen LogP contribution in [0.15, 0.2) is 60.7 Å². The van der Waals surface area contributed by atoms with Crippen LogP contribution in [-0.4, -0.2) is 36.6 Å². The third-order valence-corrected chi connectivity index (χ3v) is 5.81. The summed E-state index contributed by atoms with van der Waals surface area (Å²) >= 11 is 0. The molecule has 0 atom stereocenters. The average molecular weight is 402 g/mol. The summed E-state index contributed by atoms with van der Waals surface area (Å²) in [6, 6.07) is 19.1. The number of ether oxygens (including phenoxy) is 2. The number of benzene rings is 3. The Morgan fingerprint density at radius 3 is 2.53 bits per heavy atom. The van der Waals surface area contributed by atoms with Crippen molar-refractivity contribution >= 4 is 28.3 Å². The van der Waals surface area contributed by atoms with Crippen molar-refractivity contribution in [3.05, 3.63) is 66.2 Å². The average Bonchev–Trinajstić information content (AvgIpc) is 3.26. The molecule has 0 spiro atoms. The Hall–Kier alpha value is -3.54. The first-order chi connectivity index (χ1) is 14.7. The molecule has 2 aliphatic rings. The highest BCUT2D eigenvalue weighted by Gasteiger charge is 2.28. The molecule has 1 fully saturated rings. The molecule has 0 unspecified atom stereocenters. The van der Waals surface area contributed by atoms with E-state index in [9.17, 15) is 9.59 Å². The van der Waals surface area contributed by atoms with E-state index in [1.807, 2.05) is 53.4 Å². The van der Waals surface area contributed by atoms with Gasteiger partial charge in [0.1, 0.15) is 0 Å². The number of anilines is 1. The number of nitrogens with one attached hydrogen (secondary N) is 1. The number of nitrogens with zero attached hydrogens (tertiary/aromatic N) is 1. The van der Waals surface area contributed by atoms with E-state index < -0.39 is 0 Å². The first-order valence-corrected chi connectivity index (χ1v) is 10.2. The standard InChI is InChI=1S/C24H22N2O4/c27-23(25-18-8-9-21-22(14-18)30-15-29-21)17-10-12-26(13-11-17)24(28)20-7-3-5-16-4-1-2-6-19(16)20/h1-9,14,17H,10-13,15H2,(H,25,27). The molecule has 0 radical (unpaired) electrons. The SMILES string of the molecule is O=C(Nc1ccc2c(c1)OCO2)C1CCN(C(=O)c2cccc3ccccc23)CC1. The van der Waals surface area contributed by atoms with Crippen LogP contribution in [0, 0.1) is 5.92 Å². The molecule has 6 heteroatoms. The lowest BCUT2D eigenvalue weighted by Crippen LogP contribution is -2.41. The van der Waals surface area contributed by atoms with Gasteiger partial charge >= 0.3 is 0 Å².